The second-order valence-corrected chi connectivity index (χ2v) is 12.3. The number of carbonyl (C=O) groups is 3. The van der Waals surface area contributed by atoms with Crippen molar-refractivity contribution in [1.82, 2.24) is 0 Å². The van der Waals surface area contributed by atoms with Crippen LogP contribution in [0.3, 0.4) is 0 Å². The summed E-state index contributed by atoms with van der Waals surface area (Å²) in [6.07, 6.45) is 3.80. The zero-order valence-electron chi connectivity index (χ0n) is 20.0. The standard InChI is InChI=1S/C26H38O6.4CH4/c1-12-14-8-17(19(9-14)24(28)32-26(3,4)5)22(12)21-13(2)16-10-15(21)11-18(16)23(27)31-20-6-7-30-25(20)29;;;;/h12-22H,6-11H2,1-5H3;4*1H4. The molecule has 5 aliphatic rings. The van der Waals surface area contributed by atoms with Crippen molar-refractivity contribution in [1.29, 1.82) is 0 Å². The van der Waals surface area contributed by atoms with E-state index in [-0.39, 0.29) is 53.5 Å². The summed E-state index contributed by atoms with van der Waals surface area (Å²) in [5.74, 6) is 3.33. The highest BCUT2D eigenvalue weighted by Crippen LogP contribution is 2.66. The van der Waals surface area contributed by atoms with Gasteiger partial charge in [0.1, 0.15) is 5.60 Å². The fraction of sp³-hybridized carbons (Fsp3) is 0.900. The minimum absolute atomic E-state index is 0. The first-order valence-electron chi connectivity index (χ1n) is 12.6. The summed E-state index contributed by atoms with van der Waals surface area (Å²) in [4.78, 5) is 37.6. The van der Waals surface area contributed by atoms with Gasteiger partial charge >= 0.3 is 17.9 Å². The third-order valence-electron chi connectivity index (χ3n) is 9.57. The van der Waals surface area contributed by atoms with E-state index < -0.39 is 17.7 Å². The van der Waals surface area contributed by atoms with Crippen molar-refractivity contribution in [3.05, 3.63) is 0 Å². The van der Waals surface area contributed by atoms with Crippen LogP contribution in [0.15, 0.2) is 0 Å². The molecule has 0 aromatic carbocycles. The number of esters is 3. The average molecular weight is 511 g/mol. The Morgan fingerprint density at radius 2 is 1.39 bits per heavy atom. The van der Waals surface area contributed by atoms with E-state index in [2.05, 4.69) is 13.8 Å². The lowest BCUT2D eigenvalue weighted by Crippen LogP contribution is -2.43. The monoisotopic (exact) mass is 510 g/mol. The highest BCUT2D eigenvalue weighted by Gasteiger charge is 2.63. The van der Waals surface area contributed by atoms with Crippen molar-refractivity contribution in [2.45, 2.75) is 108 Å². The molecular formula is C30H54O6. The van der Waals surface area contributed by atoms with Gasteiger partial charge in [-0.05, 0) is 93.8 Å². The van der Waals surface area contributed by atoms with E-state index in [0.29, 0.717) is 60.4 Å². The molecule has 1 saturated heterocycles. The molecule has 11 atom stereocenters. The first kappa shape index (κ1) is 32.4. The SMILES string of the molecule is C.C.C.C.CC1C2CC(CC2C(=O)OC2CCOC2=O)C1C1C(C)C2CC(C(=O)OC(C)(C)C)C1C2. The Hall–Kier alpha value is -1.59. The lowest BCUT2D eigenvalue weighted by Gasteiger charge is -2.44. The summed E-state index contributed by atoms with van der Waals surface area (Å²) in [7, 11) is 0. The van der Waals surface area contributed by atoms with Crippen LogP contribution in [0.5, 0.6) is 0 Å². The highest BCUT2D eigenvalue weighted by molar-refractivity contribution is 5.82. The summed E-state index contributed by atoms with van der Waals surface area (Å²) in [6.45, 7) is 10.9. The van der Waals surface area contributed by atoms with E-state index in [0.717, 1.165) is 25.7 Å². The lowest BCUT2D eigenvalue weighted by atomic mass is 9.61. The second kappa shape index (κ2) is 11.4. The van der Waals surface area contributed by atoms with Gasteiger partial charge in [0.2, 0.25) is 6.10 Å². The van der Waals surface area contributed by atoms with E-state index >= 15 is 0 Å². The number of cyclic esters (lactones) is 1. The topological polar surface area (TPSA) is 78.9 Å². The number of rotatable bonds is 4. The fourth-order valence-corrected chi connectivity index (χ4v) is 8.42. The molecule has 5 rings (SSSR count). The third kappa shape index (κ3) is 5.34. The minimum Gasteiger partial charge on any atom is -0.463 e. The van der Waals surface area contributed by atoms with Crippen molar-refractivity contribution >= 4 is 17.9 Å². The quantitative estimate of drug-likeness (QED) is 0.315. The molecule has 210 valence electrons. The molecule has 36 heavy (non-hydrogen) atoms. The molecule has 0 aromatic heterocycles. The zero-order chi connectivity index (χ0) is 22.9. The van der Waals surface area contributed by atoms with Gasteiger partial charge in [0.15, 0.2) is 0 Å². The van der Waals surface area contributed by atoms with Crippen LogP contribution < -0.4 is 0 Å². The van der Waals surface area contributed by atoms with Crippen molar-refractivity contribution in [2.24, 2.45) is 59.2 Å². The highest BCUT2D eigenvalue weighted by atomic mass is 16.6. The summed E-state index contributed by atoms with van der Waals surface area (Å²) in [5, 5.41) is 0. The van der Waals surface area contributed by atoms with Gasteiger partial charge in [-0.15, -0.1) is 0 Å². The van der Waals surface area contributed by atoms with Crippen LogP contribution in [0.2, 0.25) is 0 Å². The van der Waals surface area contributed by atoms with Crippen molar-refractivity contribution in [3.8, 4) is 0 Å². The number of fused-ring (bicyclic) bond motifs is 4. The Kier molecular flexibility index (Phi) is 10.3. The van der Waals surface area contributed by atoms with E-state index in [1.165, 1.54) is 0 Å². The maximum atomic E-state index is 13.0. The van der Waals surface area contributed by atoms with Gasteiger partial charge in [-0.25, -0.2) is 4.79 Å². The number of carbonyl (C=O) groups excluding carboxylic acids is 3. The zero-order valence-corrected chi connectivity index (χ0v) is 20.0. The van der Waals surface area contributed by atoms with Crippen molar-refractivity contribution in [3.63, 3.8) is 0 Å². The van der Waals surface area contributed by atoms with Gasteiger partial charge < -0.3 is 14.2 Å². The lowest BCUT2D eigenvalue weighted by molar-refractivity contribution is -0.166. The van der Waals surface area contributed by atoms with E-state index in [1.54, 1.807) is 0 Å². The van der Waals surface area contributed by atoms with E-state index in [1.807, 2.05) is 20.8 Å². The molecule has 11 unspecified atom stereocenters. The Balaban J connectivity index is 0.00000162. The van der Waals surface area contributed by atoms with Gasteiger partial charge in [0.25, 0.3) is 0 Å². The van der Waals surface area contributed by atoms with Crippen LogP contribution in [0.25, 0.3) is 0 Å². The molecule has 0 amide bonds. The van der Waals surface area contributed by atoms with Crippen LogP contribution >= 0.6 is 0 Å². The molecule has 6 nitrogen and oxygen atoms in total. The number of hydrogen-bond acceptors (Lipinski definition) is 6. The fourth-order valence-electron chi connectivity index (χ4n) is 8.42. The van der Waals surface area contributed by atoms with Gasteiger partial charge in [-0.1, -0.05) is 43.6 Å². The van der Waals surface area contributed by atoms with Crippen LogP contribution in [0.4, 0.5) is 0 Å². The molecule has 4 bridgehead atoms. The molecule has 0 N–H and O–H groups in total. The van der Waals surface area contributed by atoms with Crippen LogP contribution in [0.1, 0.15) is 96.4 Å². The van der Waals surface area contributed by atoms with Gasteiger partial charge in [-0.3, -0.25) is 9.59 Å². The second-order valence-electron chi connectivity index (χ2n) is 12.3. The van der Waals surface area contributed by atoms with Crippen molar-refractivity contribution in [2.75, 3.05) is 6.61 Å². The predicted molar refractivity (Wildman–Crippen MR) is 143 cm³/mol. The summed E-state index contributed by atoms with van der Waals surface area (Å²) in [5.41, 5.74) is -0.445. The maximum Gasteiger partial charge on any atom is 0.347 e. The molecule has 4 aliphatic carbocycles. The summed E-state index contributed by atoms with van der Waals surface area (Å²) in [6, 6.07) is 0. The molecule has 5 fully saturated rings. The molecule has 0 radical (unpaired) electrons. The largest absolute Gasteiger partial charge is 0.463 e. The van der Waals surface area contributed by atoms with E-state index in [9.17, 15) is 14.4 Å². The molecule has 6 heteroatoms. The molecule has 1 aliphatic heterocycles. The Bertz CT molecular complexity index is 798. The summed E-state index contributed by atoms with van der Waals surface area (Å²) < 4.78 is 16.3. The molecule has 1 heterocycles. The Morgan fingerprint density at radius 1 is 0.806 bits per heavy atom. The molecule has 4 saturated carbocycles. The van der Waals surface area contributed by atoms with Crippen LogP contribution in [-0.2, 0) is 28.6 Å². The minimum atomic E-state index is -0.715. The predicted octanol–water partition coefficient (Wildman–Crippen LogP) is 6.55. The summed E-state index contributed by atoms with van der Waals surface area (Å²) >= 11 is 0. The number of hydrogen-bond donors (Lipinski definition) is 0. The van der Waals surface area contributed by atoms with Crippen molar-refractivity contribution < 1.29 is 28.6 Å². The normalized spacial score (nSPS) is 41.8. The van der Waals surface area contributed by atoms with Crippen LogP contribution in [-0.4, -0.2) is 36.2 Å². The first-order chi connectivity index (χ1) is 15.0. The van der Waals surface area contributed by atoms with Crippen LogP contribution in [0, 0.1) is 59.2 Å². The molecule has 0 spiro atoms. The molecule has 0 aromatic rings. The smallest absolute Gasteiger partial charge is 0.347 e. The Morgan fingerprint density at radius 3 is 1.92 bits per heavy atom. The van der Waals surface area contributed by atoms with Gasteiger partial charge in [0, 0.05) is 6.42 Å². The van der Waals surface area contributed by atoms with Gasteiger partial charge in [-0.2, -0.15) is 0 Å². The first-order valence-corrected chi connectivity index (χ1v) is 12.6. The van der Waals surface area contributed by atoms with E-state index in [4.69, 9.17) is 14.2 Å². The number of ether oxygens (including phenoxy) is 3. The Labute approximate surface area is 220 Å². The third-order valence-corrected chi connectivity index (χ3v) is 9.57. The molecular weight excluding hydrogens is 456 g/mol. The van der Waals surface area contributed by atoms with Gasteiger partial charge in [0.05, 0.1) is 18.4 Å². The average Bonchev–Trinajstić information content (AvgIpc) is 3.48. The maximum absolute atomic E-state index is 13.0.